The van der Waals surface area contributed by atoms with Crippen LogP contribution in [-0.4, -0.2) is 29.2 Å². The molecule has 4 heteroatoms. The van der Waals surface area contributed by atoms with Crippen molar-refractivity contribution >= 4 is 18.0 Å². The normalized spacial score (nSPS) is 18.3. The third-order valence-corrected chi connectivity index (χ3v) is 2.02. The summed E-state index contributed by atoms with van der Waals surface area (Å²) in [7, 11) is 0. The van der Waals surface area contributed by atoms with Crippen LogP contribution in [0.1, 0.15) is 6.92 Å². The lowest BCUT2D eigenvalue weighted by molar-refractivity contribution is 0.238. The molecule has 0 aliphatic carbocycles. The van der Waals surface area contributed by atoms with Gasteiger partial charge in [0.05, 0.1) is 6.54 Å². The molecule has 9 heavy (non-hydrogen) atoms. The van der Waals surface area contributed by atoms with Gasteiger partial charge in [-0.05, 0) is 11.9 Å². The third kappa shape index (κ3) is 1.51. The summed E-state index contributed by atoms with van der Waals surface area (Å²) in [5.41, 5.74) is 0. The van der Waals surface area contributed by atoms with E-state index in [4.69, 9.17) is 0 Å². The summed E-state index contributed by atoms with van der Waals surface area (Å²) < 4.78 is 1.75. The van der Waals surface area contributed by atoms with Crippen molar-refractivity contribution in [3.8, 4) is 0 Å². The summed E-state index contributed by atoms with van der Waals surface area (Å²) in [6.45, 7) is 3.68. The third-order valence-electron chi connectivity index (χ3n) is 1.10. The van der Waals surface area contributed by atoms with Crippen LogP contribution in [0.15, 0.2) is 0 Å². The van der Waals surface area contributed by atoms with Crippen molar-refractivity contribution in [1.82, 2.24) is 9.62 Å². The Hall–Kier alpha value is -0.380. The largest absolute Gasteiger partial charge is 0.335 e. The zero-order valence-corrected chi connectivity index (χ0v) is 6.20. The van der Waals surface area contributed by atoms with E-state index in [9.17, 15) is 4.79 Å². The molecule has 1 saturated heterocycles. The summed E-state index contributed by atoms with van der Waals surface area (Å²) in [5, 5.41) is 2.72. The fourth-order valence-corrected chi connectivity index (χ4v) is 1.45. The van der Waals surface area contributed by atoms with E-state index in [1.807, 2.05) is 6.92 Å². The molecule has 0 radical (unpaired) electrons. The van der Waals surface area contributed by atoms with Crippen LogP contribution in [0.4, 0.5) is 4.79 Å². The molecule has 1 fully saturated rings. The minimum absolute atomic E-state index is 0.0573. The predicted molar refractivity (Wildman–Crippen MR) is 38.2 cm³/mol. The Morgan fingerprint density at radius 3 is 3.11 bits per heavy atom. The van der Waals surface area contributed by atoms with Gasteiger partial charge in [-0.15, -0.1) is 0 Å². The summed E-state index contributed by atoms with van der Waals surface area (Å²) in [5.74, 6) is 0.966. The molecule has 0 bridgehead atoms. The summed E-state index contributed by atoms with van der Waals surface area (Å²) >= 11 is 1.57. The average Bonchev–Trinajstić information content (AvgIpc) is 2.18. The molecule has 1 aliphatic rings. The van der Waals surface area contributed by atoms with Gasteiger partial charge in [0.25, 0.3) is 0 Å². The number of hydrogen-bond acceptors (Lipinski definition) is 2. The molecule has 0 atom stereocenters. The van der Waals surface area contributed by atoms with Crippen LogP contribution >= 0.6 is 11.9 Å². The first-order valence-corrected chi connectivity index (χ1v) is 3.97. The lowest BCUT2D eigenvalue weighted by atomic mass is 10.7. The Kier molecular flexibility index (Phi) is 2.22. The number of rotatable bonds is 2. The van der Waals surface area contributed by atoms with Crippen LogP contribution in [0.25, 0.3) is 0 Å². The van der Waals surface area contributed by atoms with E-state index in [1.54, 1.807) is 16.3 Å². The van der Waals surface area contributed by atoms with E-state index in [1.165, 1.54) is 0 Å². The molecule has 1 N–H and O–H groups in total. The van der Waals surface area contributed by atoms with Gasteiger partial charge in [0.1, 0.15) is 0 Å². The molecule has 0 spiro atoms. The van der Waals surface area contributed by atoms with Crippen LogP contribution in [-0.2, 0) is 0 Å². The van der Waals surface area contributed by atoms with Crippen molar-refractivity contribution in [1.29, 1.82) is 0 Å². The fraction of sp³-hybridized carbons (Fsp3) is 0.800. The van der Waals surface area contributed by atoms with E-state index >= 15 is 0 Å². The fourth-order valence-electron chi connectivity index (χ4n) is 0.733. The number of hydrogen-bond donors (Lipinski definition) is 1. The van der Waals surface area contributed by atoms with Crippen molar-refractivity contribution in [2.75, 3.05) is 18.8 Å². The highest BCUT2D eigenvalue weighted by Gasteiger charge is 2.18. The zero-order valence-electron chi connectivity index (χ0n) is 5.39. The van der Waals surface area contributed by atoms with E-state index in [-0.39, 0.29) is 6.03 Å². The first-order chi connectivity index (χ1) is 4.34. The topological polar surface area (TPSA) is 32.3 Å². The van der Waals surface area contributed by atoms with E-state index in [0.717, 1.165) is 18.8 Å². The molecule has 1 heterocycles. The summed E-state index contributed by atoms with van der Waals surface area (Å²) in [6, 6.07) is 0.0573. The highest BCUT2D eigenvalue weighted by molar-refractivity contribution is 7.97. The Labute approximate surface area is 58.9 Å². The van der Waals surface area contributed by atoms with E-state index in [0.29, 0.717) is 0 Å². The SMILES string of the molecule is CCSN1CCNC1=O. The van der Waals surface area contributed by atoms with Gasteiger partial charge < -0.3 is 5.32 Å². The maximum absolute atomic E-state index is 10.8. The highest BCUT2D eigenvalue weighted by Crippen LogP contribution is 2.11. The van der Waals surface area contributed by atoms with Gasteiger partial charge >= 0.3 is 6.03 Å². The van der Waals surface area contributed by atoms with E-state index < -0.39 is 0 Å². The second kappa shape index (κ2) is 2.96. The van der Waals surface area contributed by atoms with Crippen LogP contribution in [0.2, 0.25) is 0 Å². The van der Waals surface area contributed by atoms with Crippen molar-refractivity contribution in [2.45, 2.75) is 6.92 Å². The quantitative estimate of drug-likeness (QED) is 0.581. The first kappa shape index (κ1) is 6.74. The Morgan fingerprint density at radius 1 is 1.89 bits per heavy atom. The van der Waals surface area contributed by atoms with Gasteiger partial charge in [-0.1, -0.05) is 6.92 Å². The molecule has 0 aromatic carbocycles. The van der Waals surface area contributed by atoms with Gasteiger partial charge in [-0.2, -0.15) is 0 Å². The van der Waals surface area contributed by atoms with Gasteiger partial charge in [0.2, 0.25) is 0 Å². The molecule has 0 aromatic heterocycles. The molecule has 0 saturated carbocycles. The maximum atomic E-state index is 10.8. The average molecular weight is 146 g/mol. The minimum Gasteiger partial charge on any atom is -0.335 e. The molecule has 52 valence electrons. The van der Waals surface area contributed by atoms with Crippen molar-refractivity contribution < 1.29 is 4.79 Å². The molecule has 2 amide bonds. The first-order valence-electron chi connectivity index (χ1n) is 3.03. The number of amides is 2. The number of carbonyl (C=O) groups is 1. The molecule has 1 rings (SSSR count). The predicted octanol–water partition coefficient (Wildman–Crippen LogP) is 0.680. The number of nitrogens with one attached hydrogen (secondary N) is 1. The van der Waals surface area contributed by atoms with Crippen LogP contribution in [0.3, 0.4) is 0 Å². The molecule has 1 aliphatic heterocycles. The van der Waals surface area contributed by atoms with Crippen molar-refractivity contribution in [3.05, 3.63) is 0 Å². The number of carbonyl (C=O) groups excluding carboxylic acids is 1. The minimum atomic E-state index is 0.0573. The molecular formula is C5H10N2OS. The van der Waals surface area contributed by atoms with Crippen molar-refractivity contribution in [2.24, 2.45) is 0 Å². The molecule has 0 unspecified atom stereocenters. The lowest BCUT2D eigenvalue weighted by Gasteiger charge is -2.09. The van der Waals surface area contributed by atoms with Gasteiger partial charge in [0, 0.05) is 12.3 Å². The Bertz CT molecular complexity index is 118. The zero-order chi connectivity index (χ0) is 6.69. The Morgan fingerprint density at radius 2 is 2.67 bits per heavy atom. The van der Waals surface area contributed by atoms with Crippen LogP contribution < -0.4 is 5.32 Å². The maximum Gasteiger partial charge on any atom is 0.327 e. The van der Waals surface area contributed by atoms with Gasteiger partial charge in [-0.3, -0.25) is 4.31 Å². The smallest absolute Gasteiger partial charge is 0.327 e. The summed E-state index contributed by atoms with van der Waals surface area (Å²) in [4.78, 5) is 10.8. The summed E-state index contributed by atoms with van der Waals surface area (Å²) in [6.07, 6.45) is 0. The second-order valence-corrected chi connectivity index (χ2v) is 3.03. The second-order valence-electron chi connectivity index (χ2n) is 1.75. The van der Waals surface area contributed by atoms with Crippen LogP contribution in [0, 0.1) is 0 Å². The van der Waals surface area contributed by atoms with E-state index in [2.05, 4.69) is 5.32 Å². The van der Waals surface area contributed by atoms with Gasteiger partial charge in [-0.25, -0.2) is 4.79 Å². The standard InChI is InChI=1S/C5H10N2OS/c1-2-9-7-4-3-6-5(7)8/h2-4H2,1H3,(H,6,8). The highest BCUT2D eigenvalue weighted by atomic mass is 32.2. The van der Waals surface area contributed by atoms with Crippen LogP contribution in [0.5, 0.6) is 0 Å². The van der Waals surface area contributed by atoms with Gasteiger partial charge in [0.15, 0.2) is 0 Å². The number of urea groups is 1. The number of nitrogens with zero attached hydrogens (tertiary/aromatic N) is 1. The molecule has 0 aromatic rings. The van der Waals surface area contributed by atoms with Crippen molar-refractivity contribution in [3.63, 3.8) is 0 Å². The lowest BCUT2D eigenvalue weighted by Crippen LogP contribution is -2.21. The Balaban J connectivity index is 2.31. The monoisotopic (exact) mass is 146 g/mol. The molecule has 3 nitrogen and oxygen atoms in total. The molecular weight excluding hydrogens is 136 g/mol.